The molecule has 0 radical (unpaired) electrons. The van der Waals surface area contributed by atoms with Gasteiger partial charge in [0.25, 0.3) is 0 Å². The Hall–Kier alpha value is -0.581. The van der Waals surface area contributed by atoms with Gasteiger partial charge in [0.05, 0.1) is 0 Å². The van der Waals surface area contributed by atoms with Crippen molar-refractivity contribution in [2.45, 2.75) is 6.42 Å². The first kappa shape index (κ1) is 15.8. The van der Waals surface area contributed by atoms with Gasteiger partial charge < -0.3 is 15.7 Å². The number of carbonyl (C=O) groups is 2. The molecule has 0 aromatic heterocycles. The quantitative estimate of drug-likeness (QED) is 0.405. The molecule has 0 aromatic rings. The molecular formula is C3H6FeO5. The molecule has 56 valence electrons. The fourth-order valence-corrected chi connectivity index (χ4v) is 0.129. The Morgan fingerprint density at radius 1 is 1.11 bits per heavy atom. The van der Waals surface area contributed by atoms with Gasteiger partial charge in [-0.3, -0.25) is 9.59 Å². The fourth-order valence-electron chi connectivity index (χ4n) is 0.129. The van der Waals surface area contributed by atoms with Gasteiger partial charge in [-0.1, -0.05) is 0 Å². The monoisotopic (exact) mass is 178 g/mol. The van der Waals surface area contributed by atoms with Crippen molar-refractivity contribution in [1.82, 2.24) is 0 Å². The molecule has 5 nitrogen and oxygen atoms in total. The van der Waals surface area contributed by atoms with Crippen LogP contribution in [0.5, 0.6) is 0 Å². The Kier molecular flexibility index (Phi) is 13.0. The van der Waals surface area contributed by atoms with Crippen LogP contribution >= 0.6 is 0 Å². The maximum absolute atomic E-state index is 9.43. The van der Waals surface area contributed by atoms with Crippen molar-refractivity contribution < 1.29 is 42.3 Å². The smallest absolute Gasteiger partial charge is 0.314 e. The van der Waals surface area contributed by atoms with Crippen molar-refractivity contribution >= 4 is 11.9 Å². The Balaban J connectivity index is -0.000000180. The molecule has 0 unspecified atom stereocenters. The van der Waals surface area contributed by atoms with Gasteiger partial charge >= 0.3 is 11.9 Å². The van der Waals surface area contributed by atoms with E-state index >= 15 is 0 Å². The topological polar surface area (TPSA) is 106 Å². The second kappa shape index (κ2) is 7.42. The minimum atomic E-state index is -1.31. The molecule has 4 N–H and O–H groups in total. The summed E-state index contributed by atoms with van der Waals surface area (Å²) >= 11 is 0. The van der Waals surface area contributed by atoms with Crippen LogP contribution in [0.15, 0.2) is 0 Å². The van der Waals surface area contributed by atoms with Gasteiger partial charge in [0.15, 0.2) is 0 Å². The minimum absolute atomic E-state index is 0. The average molecular weight is 178 g/mol. The Morgan fingerprint density at radius 2 is 1.33 bits per heavy atom. The van der Waals surface area contributed by atoms with Crippen LogP contribution in [0, 0.1) is 0 Å². The van der Waals surface area contributed by atoms with Crippen molar-refractivity contribution in [1.29, 1.82) is 0 Å². The van der Waals surface area contributed by atoms with Crippen LogP contribution in [0.4, 0.5) is 0 Å². The molecule has 0 rings (SSSR count). The third kappa shape index (κ3) is 18.6. The standard InChI is InChI=1S/C3H4O4.Fe.H2O/c4-2(5)1-3(6)7;;/h1H2,(H,4,5)(H,6,7);;1H2. The molecule has 0 saturated heterocycles. The molecule has 0 spiro atoms. The summed E-state index contributed by atoms with van der Waals surface area (Å²) in [5, 5.41) is 15.4. The van der Waals surface area contributed by atoms with Crippen LogP contribution < -0.4 is 0 Å². The summed E-state index contributed by atoms with van der Waals surface area (Å²) in [5.74, 6) is -2.62. The van der Waals surface area contributed by atoms with E-state index in [1.807, 2.05) is 0 Å². The molecule has 0 aromatic carbocycles. The van der Waals surface area contributed by atoms with E-state index in [2.05, 4.69) is 0 Å². The van der Waals surface area contributed by atoms with Crippen LogP contribution in [0.1, 0.15) is 6.42 Å². The maximum Gasteiger partial charge on any atom is 0.314 e. The molecule has 0 fully saturated rings. The van der Waals surface area contributed by atoms with Gasteiger partial charge in [-0.25, -0.2) is 0 Å². The van der Waals surface area contributed by atoms with E-state index in [1.54, 1.807) is 0 Å². The van der Waals surface area contributed by atoms with Crippen LogP contribution in [0.25, 0.3) is 0 Å². The molecule has 9 heavy (non-hydrogen) atoms. The van der Waals surface area contributed by atoms with Crippen LogP contribution in [-0.4, -0.2) is 27.6 Å². The molecule has 0 atom stereocenters. The zero-order valence-corrected chi connectivity index (χ0v) is 5.38. The largest absolute Gasteiger partial charge is 0.481 e. The Morgan fingerprint density at radius 3 is 1.33 bits per heavy atom. The molecule has 0 saturated carbocycles. The van der Waals surface area contributed by atoms with E-state index in [-0.39, 0.29) is 22.5 Å². The van der Waals surface area contributed by atoms with E-state index in [1.165, 1.54) is 0 Å². The molecule has 0 aliphatic carbocycles. The maximum atomic E-state index is 9.43. The van der Waals surface area contributed by atoms with Gasteiger partial charge in [-0.2, -0.15) is 0 Å². The van der Waals surface area contributed by atoms with Gasteiger partial charge in [-0.05, 0) is 0 Å². The summed E-state index contributed by atoms with van der Waals surface area (Å²) in [4.78, 5) is 18.9. The first-order chi connectivity index (χ1) is 3.13. The fraction of sp³-hybridized carbons (Fsp3) is 0.333. The summed E-state index contributed by atoms with van der Waals surface area (Å²) in [6.07, 6.45) is -0.806. The van der Waals surface area contributed by atoms with Crippen molar-refractivity contribution in [3.05, 3.63) is 0 Å². The predicted octanol–water partition coefficient (Wildman–Crippen LogP) is -1.28. The van der Waals surface area contributed by atoms with Gasteiger partial charge in [0.2, 0.25) is 0 Å². The van der Waals surface area contributed by atoms with Crippen molar-refractivity contribution in [3.63, 3.8) is 0 Å². The van der Waals surface area contributed by atoms with Crippen molar-refractivity contribution in [2.75, 3.05) is 0 Å². The van der Waals surface area contributed by atoms with E-state index in [9.17, 15) is 9.59 Å². The van der Waals surface area contributed by atoms with Crippen LogP contribution in [0.2, 0.25) is 0 Å². The minimum Gasteiger partial charge on any atom is -0.481 e. The second-order valence-electron chi connectivity index (χ2n) is 0.964. The second-order valence-corrected chi connectivity index (χ2v) is 0.964. The molecule has 0 aliphatic rings. The molecule has 0 heterocycles. The summed E-state index contributed by atoms with van der Waals surface area (Å²) in [5.41, 5.74) is 0. The number of carboxylic acid groups (broad SMARTS) is 2. The number of hydrogen-bond acceptors (Lipinski definition) is 2. The van der Waals surface area contributed by atoms with Crippen LogP contribution in [-0.2, 0) is 26.7 Å². The molecule has 6 heteroatoms. The molecule has 0 amide bonds. The first-order valence-corrected chi connectivity index (χ1v) is 1.56. The third-order valence-corrected chi connectivity index (χ3v) is 0.302. The number of hydrogen-bond donors (Lipinski definition) is 2. The predicted molar refractivity (Wildman–Crippen MR) is 23.5 cm³/mol. The van der Waals surface area contributed by atoms with Crippen LogP contribution in [0.3, 0.4) is 0 Å². The van der Waals surface area contributed by atoms with Crippen molar-refractivity contribution in [3.8, 4) is 0 Å². The normalized spacial score (nSPS) is 6.22. The SMILES string of the molecule is O.O=C(O)CC(=O)O.[Fe]. The summed E-state index contributed by atoms with van der Waals surface area (Å²) in [6.45, 7) is 0. The van der Waals surface area contributed by atoms with E-state index in [0.29, 0.717) is 0 Å². The number of carboxylic acids is 2. The number of rotatable bonds is 2. The van der Waals surface area contributed by atoms with Gasteiger partial charge in [0.1, 0.15) is 6.42 Å². The van der Waals surface area contributed by atoms with E-state index < -0.39 is 18.4 Å². The van der Waals surface area contributed by atoms with E-state index in [0.717, 1.165) is 0 Å². The molecular weight excluding hydrogens is 172 g/mol. The van der Waals surface area contributed by atoms with E-state index in [4.69, 9.17) is 10.2 Å². The first-order valence-electron chi connectivity index (χ1n) is 1.56. The Bertz CT molecular complexity index is 88.4. The number of aliphatic carboxylic acids is 2. The van der Waals surface area contributed by atoms with Crippen molar-refractivity contribution in [2.24, 2.45) is 0 Å². The van der Waals surface area contributed by atoms with Gasteiger partial charge in [-0.15, -0.1) is 0 Å². The summed E-state index contributed by atoms with van der Waals surface area (Å²) in [6, 6.07) is 0. The zero-order valence-electron chi connectivity index (χ0n) is 4.27. The Labute approximate surface area is 61.5 Å². The van der Waals surface area contributed by atoms with Gasteiger partial charge in [0, 0.05) is 17.1 Å². The zero-order chi connectivity index (χ0) is 5.86. The summed E-state index contributed by atoms with van der Waals surface area (Å²) < 4.78 is 0. The third-order valence-electron chi connectivity index (χ3n) is 0.302. The molecule has 0 aliphatic heterocycles. The average Bonchev–Trinajstić information content (AvgIpc) is 1.27. The summed E-state index contributed by atoms with van der Waals surface area (Å²) in [7, 11) is 0. The molecule has 0 bridgehead atoms.